The summed E-state index contributed by atoms with van der Waals surface area (Å²) in [6.45, 7) is 2.13. The Labute approximate surface area is 134 Å². The minimum atomic E-state index is -3.60. The van der Waals surface area contributed by atoms with E-state index in [0.29, 0.717) is 12.8 Å². The van der Waals surface area contributed by atoms with Crippen LogP contribution in [0.25, 0.3) is 0 Å². The fourth-order valence-electron chi connectivity index (χ4n) is 2.30. The number of hydrogen-bond acceptors (Lipinski definition) is 5. The molecule has 9 heteroatoms. The van der Waals surface area contributed by atoms with E-state index in [2.05, 4.69) is 9.71 Å². The molecule has 1 atom stereocenters. The molecule has 0 saturated heterocycles. The molecule has 0 unspecified atom stereocenters. The third-order valence-electron chi connectivity index (χ3n) is 3.55. The maximum Gasteiger partial charge on any atom is 0.326 e. The first kappa shape index (κ1) is 17.2. The van der Waals surface area contributed by atoms with Crippen molar-refractivity contribution in [1.29, 1.82) is 0 Å². The zero-order chi connectivity index (χ0) is 17.0. The minimum Gasteiger partial charge on any atom is -0.480 e. The number of carboxylic acids is 1. The van der Waals surface area contributed by atoms with Crippen molar-refractivity contribution in [3.8, 4) is 0 Å². The van der Waals surface area contributed by atoms with Crippen LogP contribution in [-0.4, -0.2) is 54.5 Å². The molecule has 2 heterocycles. The highest BCUT2D eigenvalue weighted by Crippen LogP contribution is 2.18. The molecule has 2 aliphatic rings. The third-order valence-corrected chi connectivity index (χ3v) is 4.70. The number of allylic oxidation sites excluding steroid dienone is 2. The maximum absolute atomic E-state index is 12.4. The van der Waals surface area contributed by atoms with E-state index in [1.165, 1.54) is 6.08 Å². The molecule has 2 aliphatic heterocycles. The summed E-state index contributed by atoms with van der Waals surface area (Å²) in [6.07, 6.45) is 6.46. The lowest BCUT2D eigenvalue weighted by molar-refractivity contribution is -0.141. The molecule has 8 nitrogen and oxygen atoms in total. The zero-order valence-corrected chi connectivity index (χ0v) is 13.5. The van der Waals surface area contributed by atoms with E-state index in [9.17, 15) is 23.1 Å². The van der Waals surface area contributed by atoms with Gasteiger partial charge in [0.15, 0.2) is 5.84 Å². The van der Waals surface area contributed by atoms with Gasteiger partial charge in [-0.15, -0.1) is 4.40 Å². The van der Waals surface area contributed by atoms with E-state index in [1.54, 1.807) is 17.2 Å². The molecule has 2 N–H and O–H groups in total. The van der Waals surface area contributed by atoms with Crippen LogP contribution in [0.15, 0.2) is 28.3 Å². The third kappa shape index (κ3) is 4.19. The summed E-state index contributed by atoms with van der Waals surface area (Å²) in [5.41, 5.74) is 0.0542. The number of fused-ring (bicyclic) bond motifs is 1. The van der Waals surface area contributed by atoms with Gasteiger partial charge in [0.05, 0.1) is 11.3 Å². The summed E-state index contributed by atoms with van der Waals surface area (Å²) >= 11 is 0. The van der Waals surface area contributed by atoms with E-state index < -0.39 is 27.9 Å². The Balaban J connectivity index is 2.20. The molecule has 1 amide bonds. The molecule has 0 fully saturated rings. The van der Waals surface area contributed by atoms with Gasteiger partial charge in [0.1, 0.15) is 6.04 Å². The van der Waals surface area contributed by atoms with Gasteiger partial charge in [0.25, 0.3) is 15.9 Å². The van der Waals surface area contributed by atoms with Crippen molar-refractivity contribution in [3.05, 3.63) is 23.9 Å². The molecule has 0 aromatic carbocycles. The molecule has 0 aliphatic carbocycles. The average molecular weight is 341 g/mol. The maximum atomic E-state index is 12.4. The summed E-state index contributed by atoms with van der Waals surface area (Å²) in [5, 5.41) is 11.6. The van der Waals surface area contributed by atoms with Crippen LogP contribution in [0, 0.1) is 0 Å². The topological polar surface area (TPSA) is 116 Å². The van der Waals surface area contributed by atoms with Gasteiger partial charge < -0.3 is 15.3 Å². The fourth-order valence-corrected chi connectivity index (χ4v) is 3.28. The molecule has 0 aromatic rings. The molecule has 23 heavy (non-hydrogen) atoms. The summed E-state index contributed by atoms with van der Waals surface area (Å²) in [5.74, 6) is -1.84. The van der Waals surface area contributed by atoms with Gasteiger partial charge in [-0.3, -0.25) is 4.79 Å². The molecule has 0 saturated carbocycles. The Morgan fingerprint density at radius 3 is 2.87 bits per heavy atom. The Hall–Kier alpha value is -2.16. The van der Waals surface area contributed by atoms with Crippen LogP contribution >= 0.6 is 0 Å². The van der Waals surface area contributed by atoms with Gasteiger partial charge in [-0.05, 0) is 18.6 Å². The monoisotopic (exact) mass is 341 g/mol. The van der Waals surface area contributed by atoms with Crippen LogP contribution in [0.5, 0.6) is 0 Å². The van der Waals surface area contributed by atoms with Crippen LogP contribution in [-0.2, 0) is 19.6 Å². The SMILES string of the molecule is CCCC[C@H](NC(=O)C1=CC=CN2CCS(=O)(=O)N=C12)C(=O)O. The zero-order valence-electron chi connectivity index (χ0n) is 12.7. The summed E-state index contributed by atoms with van der Waals surface area (Å²) < 4.78 is 26.9. The first-order valence-electron chi connectivity index (χ1n) is 7.36. The smallest absolute Gasteiger partial charge is 0.326 e. The Morgan fingerprint density at radius 2 is 2.22 bits per heavy atom. The number of unbranched alkanes of at least 4 members (excludes halogenated alkanes) is 1. The standard InChI is InChI=1S/C14H19N3O5S/c1-2-3-6-11(14(19)20)15-13(18)10-5-4-7-17-8-9-23(21,22)16-12(10)17/h4-5,7,11H,2-3,6,8-9H2,1H3,(H,15,18)(H,19,20)/t11-/m0/s1. The molecule has 2 rings (SSSR count). The van der Waals surface area contributed by atoms with Gasteiger partial charge in [-0.1, -0.05) is 19.8 Å². The van der Waals surface area contributed by atoms with Crippen molar-refractivity contribution < 1.29 is 23.1 Å². The number of sulfonamides is 1. The molecule has 126 valence electrons. The van der Waals surface area contributed by atoms with Crippen LogP contribution < -0.4 is 5.32 Å². The molecule has 0 radical (unpaired) electrons. The number of carbonyl (C=O) groups excluding carboxylic acids is 1. The van der Waals surface area contributed by atoms with Crippen LogP contribution in [0.3, 0.4) is 0 Å². The lowest BCUT2D eigenvalue weighted by Gasteiger charge is -2.29. The number of amidine groups is 1. The van der Waals surface area contributed by atoms with Gasteiger partial charge in [0, 0.05) is 12.7 Å². The lowest BCUT2D eigenvalue weighted by atomic mass is 10.1. The van der Waals surface area contributed by atoms with Gasteiger partial charge in [0.2, 0.25) is 0 Å². The number of amides is 1. The summed E-state index contributed by atoms with van der Waals surface area (Å²) in [4.78, 5) is 25.2. The first-order chi connectivity index (χ1) is 10.8. The highest BCUT2D eigenvalue weighted by molar-refractivity contribution is 7.90. The second-order valence-electron chi connectivity index (χ2n) is 5.32. The van der Waals surface area contributed by atoms with Crippen LogP contribution in [0.2, 0.25) is 0 Å². The number of hydrogen-bond donors (Lipinski definition) is 2. The molecular weight excluding hydrogens is 322 g/mol. The van der Waals surface area contributed by atoms with Crippen LogP contribution in [0.4, 0.5) is 0 Å². The van der Waals surface area contributed by atoms with Crippen molar-refractivity contribution in [2.24, 2.45) is 4.40 Å². The number of carboxylic acid groups (broad SMARTS) is 1. The highest BCUT2D eigenvalue weighted by atomic mass is 32.2. The second kappa shape index (κ2) is 6.95. The second-order valence-corrected chi connectivity index (χ2v) is 7.08. The predicted molar refractivity (Wildman–Crippen MR) is 84.2 cm³/mol. The van der Waals surface area contributed by atoms with Crippen LogP contribution in [0.1, 0.15) is 26.2 Å². The molecular formula is C14H19N3O5S. The van der Waals surface area contributed by atoms with E-state index >= 15 is 0 Å². The van der Waals surface area contributed by atoms with E-state index in [1.807, 2.05) is 6.92 Å². The molecule has 0 spiro atoms. The normalized spacial score (nSPS) is 20.1. The van der Waals surface area contributed by atoms with Crippen molar-refractivity contribution in [1.82, 2.24) is 10.2 Å². The Morgan fingerprint density at radius 1 is 1.48 bits per heavy atom. The van der Waals surface area contributed by atoms with E-state index in [0.717, 1.165) is 6.42 Å². The van der Waals surface area contributed by atoms with Crippen molar-refractivity contribution in [2.45, 2.75) is 32.2 Å². The summed E-state index contributed by atoms with van der Waals surface area (Å²) in [6, 6.07) is -1.01. The quantitative estimate of drug-likeness (QED) is 0.715. The summed E-state index contributed by atoms with van der Waals surface area (Å²) in [7, 11) is -3.60. The van der Waals surface area contributed by atoms with Gasteiger partial charge in [-0.25, -0.2) is 13.2 Å². The number of nitrogens with zero attached hydrogens (tertiary/aromatic N) is 2. The largest absolute Gasteiger partial charge is 0.480 e. The van der Waals surface area contributed by atoms with Crippen molar-refractivity contribution >= 4 is 27.7 Å². The molecule has 0 bridgehead atoms. The average Bonchev–Trinajstić information content (AvgIpc) is 2.49. The van der Waals surface area contributed by atoms with Gasteiger partial charge in [-0.2, -0.15) is 0 Å². The first-order valence-corrected chi connectivity index (χ1v) is 8.97. The molecule has 0 aromatic heterocycles. The van der Waals surface area contributed by atoms with Crippen molar-refractivity contribution in [2.75, 3.05) is 12.3 Å². The lowest BCUT2D eigenvalue weighted by Crippen LogP contribution is -2.46. The minimum absolute atomic E-state index is 0.0379. The Bertz CT molecular complexity index is 693. The van der Waals surface area contributed by atoms with E-state index in [4.69, 9.17) is 0 Å². The van der Waals surface area contributed by atoms with Crippen molar-refractivity contribution in [3.63, 3.8) is 0 Å². The number of aliphatic carboxylic acids is 1. The van der Waals surface area contributed by atoms with Gasteiger partial charge >= 0.3 is 5.97 Å². The highest BCUT2D eigenvalue weighted by Gasteiger charge is 2.31. The number of carbonyl (C=O) groups is 2. The number of nitrogens with one attached hydrogen (secondary N) is 1. The number of rotatable bonds is 6. The predicted octanol–water partition coefficient (Wildman–Crippen LogP) is 0.244. The fraction of sp³-hybridized carbons (Fsp3) is 0.500. The Kier molecular flexibility index (Phi) is 5.19. The van der Waals surface area contributed by atoms with E-state index in [-0.39, 0.29) is 23.7 Å².